The summed E-state index contributed by atoms with van der Waals surface area (Å²) in [7, 11) is 0. The highest BCUT2D eigenvalue weighted by molar-refractivity contribution is 8.14. The molecule has 7 nitrogen and oxygen atoms in total. The van der Waals surface area contributed by atoms with E-state index in [1.807, 2.05) is 12.1 Å². The van der Waals surface area contributed by atoms with E-state index in [1.165, 1.54) is 42.4 Å². The molecule has 1 fully saturated rings. The van der Waals surface area contributed by atoms with Crippen LogP contribution in [0.15, 0.2) is 73.1 Å². The molecule has 1 N–H and O–H groups in total. The largest absolute Gasteiger partial charge is 0.573 e. The summed E-state index contributed by atoms with van der Waals surface area (Å²) < 4.78 is 52.8. The van der Waals surface area contributed by atoms with E-state index in [0.717, 1.165) is 24.1 Å². The van der Waals surface area contributed by atoms with Gasteiger partial charge in [0.1, 0.15) is 18.1 Å². The van der Waals surface area contributed by atoms with Crippen molar-refractivity contribution in [3.63, 3.8) is 0 Å². The Labute approximate surface area is 209 Å². The summed E-state index contributed by atoms with van der Waals surface area (Å²) in [5.74, 6) is -0.524. The third kappa shape index (κ3) is 7.38. The van der Waals surface area contributed by atoms with Crippen LogP contribution in [0.25, 0.3) is 0 Å². The molecule has 1 aliphatic heterocycles. The molecule has 1 aliphatic rings. The Morgan fingerprint density at radius 2 is 1.81 bits per heavy atom. The number of carbonyl (C=O) groups is 2. The van der Waals surface area contributed by atoms with Crippen molar-refractivity contribution in [2.45, 2.75) is 24.1 Å². The van der Waals surface area contributed by atoms with Crippen molar-refractivity contribution in [2.24, 2.45) is 0 Å². The summed E-state index contributed by atoms with van der Waals surface area (Å²) in [5.41, 5.74) is 1.69. The van der Waals surface area contributed by atoms with E-state index in [1.54, 1.807) is 18.2 Å². The van der Waals surface area contributed by atoms with Gasteiger partial charge in [0.05, 0.1) is 5.56 Å². The van der Waals surface area contributed by atoms with Gasteiger partial charge in [0.25, 0.3) is 5.24 Å². The number of benzene rings is 2. The molecule has 188 valence electrons. The van der Waals surface area contributed by atoms with Crippen LogP contribution in [-0.2, 0) is 11.2 Å². The van der Waals surface area contributed by atoms with Crippen molar-refractivity contribution in [1.29, 1.82) is 0 Å². The lowest BCUT2D eigenvalue weighted by Crippen LogP contribution is -2.19. The molecular weight excluding hydrogens is 497 g/mol. The van der Waals surface area contributed by atoms with Crippen LogP contribution in [0.3, 0.4) is 0 Å². The van der Waals surface area contributed by atoms with Crippen molar-refractivity contribution in [2.75, 3.05) is 13.2 Å². The highest BCUT2D eigenvalue weighted by Crippen LogP contribution is 2.28. The Hall–Kier alpha value is -3.73. The third-order valence-corrected chi connectivity index (χ3v) is 6.19. The number of pyridine rings is 1. The fourth-order valence-corrected chi connectivity index (χ4v) is 4.38. The van der Waals surface area contributed by atoms with Crippen LogP contribution >= 0.6 is 11.8 Å². The predicted molar refractivity (Wildman–Crippen MR) is 126 cm³/mol. The number of esters is 1. The van der Waals surface area contributed by atoms with E-state index in [9.17, 15) is 22.8 Å². The second kappa shape index (κ2) is 11.3. The Balaban J connectivity index is 1.43. The van der Waals surface area contributed by atoms with Gasteiger partial charge in [-0.15, -0.1) is 13.2 Å². The van der Waals surface area contributed by atoms with E-state index in [0.29, 0.717) is 17.9 Å². The molecule has 0 radical (unpaired) electrons. The zero-order chi connectivity index (χ0) is 25.5. The smallest absolute Gasteiger partial charge is 0.489 e. The van der Waals surface area contributed by atoms with E-state index < -0.39 is 24.2 Å². The molecule has 1 aromatic heterocycles. The fraction of sp³-hybridized carbons (Fsp3) is 0.240. The summed E-state index contributed by atoms with van der Waals surface area (Å²) in [4.78, 5) is 27.8. The van der Waals surface area contributed by atoms with Crippen molar-refractivity contribution >= 4 is 23.0 Å². The Bertz CT molecular complexity index is 1180. The topological polar surface area (TPSA) is 86.8 Å². The van der Waals surface area contributed by atoms with Gasteiger partial charge < -0.3 is 19.5 Å². The van der Waals surface area contributed by atoms with Gasteiger partial charge in [-0.1, -0.05) is 36.0 Å². The van der Waals surface area contributed by atoms with E-state index in [-0.39, 0.29) is 22.7 Å². The number of ether oxygens (including phenoxy) is 3. The number of halogens is 3. The average Bonchev–Trinajstić information content (AvgIpc) is 3.27. The number of nitrogens with zero attached hydrogens (tertiary/aromatic N) is 1. The van der Waals surface area contributed by atoms with Gasteiger partial charge in [-0.3, -0.25) is 9.78 Å². The molecule has 2 atom stereocenters. The summed E-state index contributed by atoms with van der Waals surface area (Å²) in [5, 5.41) is 2.93. The van der Waals surface area contributed by atoms with Crippen LogP contribution in [0.2, 0.25) is 0 Å². The number of nitrogens with one attached hydrogen (secondary N) is 1. The second-order valence-corrected chi connectivity index (χ2v) is 9.09. The maximum Gasteiger partial charge on any atom is 0.573 e. The molecule has 0 aliphatic carbocycles. The minimum absolute atomic E-state index is 0.0233. The molecule has 36 heavy (non-hydrogen) atoms. The molecule has 2 aromatic carbocycles. The molecule has 0 spiro atoms. The second-order valence-electron chi connectivity index (χ2n) is 7.82. The van der Waals surface area contributed by atoms with Gasteiger partial charge in [-0.2, -0.15) is 0 Å². The molecule has 1 amide bonds. The first-order chi connectivity index (χ1) is 17.2. The maximum atomic E-state index is 12.6. The average molecular weight is 519 g/mol. The molecule has 0 saturated carbocycles. The van der Waals surface area contributed by atoms with Crippen LogP contribution in [0.1, 0.15) is 27.6 Å². The first-order valence-electron chi connectivity index (χ1n) is 10.9. The van der Waals surface area contributed by atoms with Crippen LogP contribution in [-0.4, -0.2) is 41.0 Å². The van der Waals surface area contributed by atoms with Crippen molar-refractivity contribution in [3.05, 3.63) is 89.7 Å². The first kappa shape index (κ1) is 25.4. The number of alkyl halides is 3. The minimum atomic E-state index is -4.81. The standard InChI is InChI=1S/C25H21F3N2O5S/c26-25(27,28)35-20-9-5-17(6-10-20)22(34-23(31)18-2-1-11-29-13-18)15-33-19-7-3-16(4-8-19)12-21-14-30-24(32)36-21/h1-11,13,21-22H,12,14-15H2,(H,30,32)/t21?,22-/m1/s1. The van der Waals surface area contributed by atoms with Gasteiger partial charge >= 0.3 is 12.3 Å². The monoisotopic (exact) mass is 518 g/mol. The van der Waals surface area contributed by atoms with Gasteiger partial charge in [-0.25, -0.2) is 4.79 Å². The molecule has 3 aromatic rings. The Kier molecular flexibility index (Phi) is 7.99. The molecule has 1 unspecified atom stereocenters. The summed E-state index contributed by atoms with van der Waals surface area (Å²) >= 11 is 1.28. The summed E-state index contributed by atoms with van der Waals surface area (Å²) in [6.45, 7) is 0.542. The van der Waals surface area contributed by atoms with E-state index in [2.05, 4.69) is 15.0 Å². The van der Waals surface area contributed by atoms with Crippen molar-refractivity contribution in [1.82, 2.24) is 10.3 Å². The molecule has 1 saturated heterocycles. The molecular formula is C25H21F3N2O5S. The number of amides is 1. The fourth-order valence-electron chi connectivity index (χ4n) is 3.47. The highest BCUT2D eigenvalue weighted by Gasteiger charge is 2.31. The number of hydrogen-bond acceptors (Lipinski definition) is 7. The van der Waals surface area contributed by atoms with Gasteiger partial charge in [0.2, 0.25) is 0 Å². The number of carbonyl (C=O) groups excluding carboxylic acids is 2. The number of aromatic nitrogens is 1. The molecule has 2 heterocycles. The normalized spacial score (nSPS) is 16.2. The van der Waals surface area contributed by atoms with Crippen LogP contribution in [0, 0.1) is 0 Å². The van der Waals surface area contributed by atoms with Crippen LogP contribution < -0.4 is 14.8 Å². The number of hydrogen-bond donors (Lipinski definition) is 1. The lowest BCUT2D eigenvalue weighted by atomic mass is 10.1. The summed E-state index contributed by atoms with van der Waals surface area (Å²) in [6.07, 6.45) is -2.14. The van der Waals surface area contributed by atoms with E-state index >= 15 is 0 Å². The highest BCUT2D eigenvalue weighted by atomic mass is 32.2. The van der Waals surface area contributed by atoms with Crippen molar-refractivity contribution < 1.29 is 37.0 Å². The SMILES string of the molecule is O=C1NCC(Cc2ccc(OC[C@@H](OC(=O)c3cccnc3)c3ccc(OC(F)(F)F)cc3)cc2)S1. The zero-order valence-electron chi connectivity index (χ0n) is 18.7. The predicted octanol–water partition coefficient (Wildman–Crippen LogP) is 5.32. The quantitative estimate of drug-likeness (QED) is 0.384. The van der Waals surface area contributed by atoms with Crippen LogP contribution in [0.4, 0.5) is 18.0 Å². The van der Waals surface area contributed by atoms with E-state index in [4.69, 9.17) is 9.47 Å². The molecule has 4 rings (SSSR count). The third-order valence-electron chi connectivity index (χ3n) is 5.17. The molecule has 0 bridgehead atoms. The first-order valence-corrected chi connectivity index (χ1v) is 11.8. The lowest BCUT2D eigenvalue weighted by Gasteiger charge is -2.20. The lowest BCUT2D eigenvalue weighted by molar-refractivity contribution is -0.274. The van der Waals surface area contributed by atoms with Gasteiger partial charge in [-0.05, 0) is 53.9 Å². The Morgan fingerprint density at radius 1 is 1.08 bits per heavy atom. The van der Waals surface area contributed by atoms with Gasteiger partial charge in [0.15, 0.2) is 6.10 Å². The Morgan fingerprint density at radius 3 is 2.42 bits per heavy atom. The van der Waals surface area contributed by atoms with Gasteiger partial charge in [0, 0.05) is 24.2 Å². The minimum Gasteiger partial charge on any atom is -0.489 e. The molecule has 11 heteroatoms. The zero-order valence-corrected chi connectivity index (χ0v) is 19.6. The van der Waals surface area contributed by atoms with Crippen LogP contribution in [0.5, 0.6) is 11.5 Å². The number of rotatable bonds is 9. The summed E-state index contributed by atoms with van der Waals surface area (Å²) in [6, 6.07) is 15.5. The van der Waals surface area contributed by atoms with Crippen molar-refractivity contribution in [3.8, 4) is 11.5 Å². The number of thioether (sulfide) groups is 1. The maximum absolute atomic E-state index is 12.6.